The molecule has 1 aromatic rings. The van der Waals surface area contributed by atoms with Gasteiger partial charge in [0.1, 0.15) is 6.04 Å². The fourth-order valence-electron chi connectivity index (χ4n) is 1.77. The third-order valence-corrected chi connectivity index (χ3v) is 5.29. The van der Waals surface area contributed by atoms with E-state index in [0.29, 0.717) is 6.42 Å². The van der Waals surface area contributed by atoms with Gasteiger partial charge in [-0.2, -0.15) is 0 Å². The van der Waals surface area contributed by atoms with Gasteiger partial charge in [0, 0.05) is 4.47 Å². The van der Waals surface area contributed by atoms with Crippen LogP contribution in [0.3, 0.4) is 0 Å². The lowest BCUT2D eigenvalue weighted by Gasteiger charge is -2.20. The normalized spacial score (nSPS) is 14.0. The molecule has 0 aromatic heterocycles. The molecule has 0 aliphatic rings. The van der Waals surface area contributed by atoms with E-state index in [-0.39, 0.29) is 10.8 Å². The highest BCUT2D eigenvalue weighted by Crippen LogP contribution is 2.14. The molecular formula is C14H19BrN2O5S. The number of halogens is 1. The fraction of sp³-hybridized carbons (Fsp3) is 0.429. The van der Waals surface area contributed by atoms with Crippen LogP contribution in [0, 0.1) is 5.92 Å². The molecule has 9 heteroatoms. The van der Waals surface area contributed by atoms with E-state index in [1.807, 2.05) is 6.92 Å². The van der Waals surface area contributed by atoms with Gasteiger partial charge in [-0.25, -0.2) is 17.9 Å². The van der Waals surface area contributed by atoms with Crippen molar-refractivity contribution in [2.45, 2.75) is 31.2 Å². The zero-order chi connectivity index (χ0) is 17.6. The van der Waals surface area contributed by atoms with Crippen LogP contribution in [0.5, 0.6) is 0 Å². The highest BCUT2D eigenvalue weighted by molar-refractivity contribution is 9.10. The predicted octanol–water partition coefficient (Wildman–Crippen LogP) is 1.34. The van der Waals surface area contributed by atoms with E-state index in [1.165, 1.54) is 12.1 Å². The van der Waals surface area contributed by atoms with Crippen LogP contribution in [0.4, 0.5) is 0 Å². The summed E-state index contributed by atoms with van der Waals surface area (Å²) in [4.78, 5) is 23.0. The topological polar surface area (TPSA) is 113 Å². The number of hydrogen-bond acceptors (Lipinski definition) is 4. The van der Waals surface area contributed by atoms with Crippen molar-refractivity contribution >= 4 is 37.8 Å². The standard InChI is InChI=1S/C14H19BrN2O5S/c1-3-9(2)13(14(19)20)17-12(18)8-16-23(21,22)11-6-4-10(15)5-7-11/h4-7,9,13,16H,3,8H2,1-2H3,(H,17,18)(H,19,20). The van der Waals surface area contributed by atoms with Crippen LogP contribution < -0.4 is 10.0 Å². The van der Waals surface area contributed by atoms with Gasteiger partial charge >= 0.3 is 5.97 Å². The first-order valence-corrected chi connectivity index (χ1v) is 9.22. The van der Waals surface area contributed by atoms with Crippen molar-refractivity contribution in [3.8, 4) is 0 Å². The molecule has 0 radical (unpaired) electrons. The SMILES string of the molecule is CCC(C)C(NC(=O)CNS(=O)(=O)c1ccc(Br)cc1)C(=O)O. The average molecular weight is 407 g/mol. The maximum absolute atomic E-state index is 12.0. The summed E-state index contributed by atoms with van der Waals surface area (Å²) in [6.45, 7) is 2.98. The molecule has 0 heterocycles. The molecule has 1 aromatic carbocycles. The second-order valence-corrected chi connectivity index (χ2v) is 7.73. The van der Waals surface area contributed by atoms with Crippen molar-refractivity contribution < 1.29 is 23.1 Å². The number of carboxylic acids is 1. The highest BCUT2D eigenvalue weighted by Gasteiger charge is 2.25. The Balaban J connectivity index is 2.67. The molecule has 0 bridgehead atoms. The van der Waals surface area contributed by atoms with Gasteiger partial charge in [-0.1, -0.05) is 36.2 Å². The van der Waals surface area contributed by atoms with E-state index in [0.717, 1.165) is 4.47 Å². The number of rotatable bonds is 8. The van der Waals surface area contributed by atoms with Crippen LogP contribution in [-0.4, -0.2) is 38.0 Å². The fourth-order valence-corrected chi connectivity index (χ4v) is 3.01. The minimum absolute atomic E-state index is 0.0187. The summed E-state index contributed by atoms with van der Waals surface area (Å²) in [5.74, 6) is -2.11. The zero-order valence-electron chi connectivity index (χ0n) is 12.7. The number of amides is 1. The zero-order valence-corrected chi connectivity index (χ0v) is 15.1. The molecule has 1 rings (SSSR count). The number of carbonyl (C=O) groups is 2. The maximum Gasteiger partial charge on any atom is 0.326 e. The third kappa shape index (κ3) is 5.92. The van der Waals surface area contributed by atoms with Crippen LogP contribution in [0.1, 0.15) is 20.3 Å². The van der Waals surface area contributed by atoms with Crippen molar-refractivity contribution in [1.29, 1.82) is 0 Å². The Bertz CT molecular complexity index is 660. The lowest BCUT2D eigenvalue weighted by atomic mass is 9.99. The number of aliphatic carboxylic acids is 1. The molecule has 1 amide bonds. The van der Waals surface area contributed by atoms with Gasteiger partial charge in [0.15, 0.2) is 0 Å². The molecule has 0 fully saturated rings. The molecule has 0 saturated carbocycles. The quantitative estimate of drug-likeness (QED) is 0.602. The number of carbonyl (C=O) groups excluding carboxylic acids is 1. The van der Waals surface area contributed by atoms with Crippen molar-refractivity contribution in [3.05, 3.63) is 28.7 Å². The number of benzene rings is 1. The minimum atomic E-state index is -3.83. The average Bonchev–Trinajstić information content (AvgIpc) is 2.50. The van der Waals surface area contributed by atoms with Gasteiger partial charge in [-0.15, -0.1) is 0 Å². The molecule has 0 aliphatic carbocycles. The van der Waals surface area contributed by atoms with Gasteiger partial charge in [0.25, 0.3) is 0 Å². The van der Waals surface area contributed by atoms with Crippen LogP contribution in [0.2, 0.25) is 0 Å². The Morgan fingerprint density at radius 2 is 1.83 bits per heavy atom. The van der Waals surface area contributed by atoms with Gasteiger partial charge < -0.3 is 10.4 Å². The van der Waals surface area contributed by atoms with E-state index in [2.05, 4.69) is 26.0 Å². The van der Waals surface area contributed by atoms with Gasteiger partial charge in [-0.3, -0.25) is 4.79 Å². The first-order valence-electron chi connectivity index (χ1n) is 6.94. The van der Waals surface area contributed by atoms with Crippen molar-refractivity contribution in [1.82, 2.24) is 10.0 Å². The van der Waals surface area contributed by atoms with E-state index >= 15 is 0 Å². The van der Waals surface area contributed by atoms with E-state index in [4.69, 9.17) is 5.11 Å². The molecule has 0 spiro atoms. The molecule has 7 nitrogen and oxygen atoms in total. The predicted molar refractivity (Wildman–Crippen MR) is 88.4 cm³/mol. The Morgan fingerprint density at radius 3 is 2.30 bits per heavy atom. The van der Waals surface area contributed by atoms with Crippen LogP contribution in [0.25, 0.3) is 0 Å². The van der Waals surface area contributed by atoms with Crippen molar-refractivity contribution in [2.24, 2.45) is 5.92 Å². The molecule has 3 N–H and O–H groups in total. The Kier molecular flexibility index (Phi) is 7.17. The summed E-state index contributed by atoms with van der Waals surface area (Å²) < 4.78 is 26.9. The molecule has 23 heavy (non-hydrogen) atoms. The molecule has 2 unspecified atom stereocenters. The van der Waals surface area contributed by atoms with Crippen LogP contribution >= 0.6 is 15.9 Å². The summed E-state index contributed by atoms with van der Waals surface area (Å²) in [5, 5.41) is 11.4. The van der Waals surface area contributed by atoms with E-state index in [9.17, 15) is 18.0 Å². The summed E-state index contributed by atoms with van der Waals surface area (Å²) >= 11 is 3.20. The summed E-state index contributed by atoms with van der Waals surface area (Å²) in [5.41, 5.74) is 0. The van der Waals surface area contributed by atoms with Crippen LogP contribution in [-0.2, 0) is 19.6 Å². The van der Waals surface area contributed by atoms with E-state index < -0.39 is 34.5 Å². The minimum Gasteiger partial charge on any atom is -0.480 e. The number of carboxylic acid groups (broad SMARTS) is 1. The first kappa shape index (κ1) is 19.6. The largest absolute Gasteiger partial charge is 0.480 e. The van der Waals surface area contributed by atoms with E-state index in [1.54, 1.807) is 19.1 Å². The second kappa shape index (κ2) is 8.42. The van der Waals surface area contributed by atoms with Gasteiger partial charge in [0.2, 0.25) is 15.9 Å². The second-order valence-electron chi connectivity index (χ2n) is 5.05. The van der Waals surface area contributed by atoms with Crippen LogP contribution in [0.15, 0.2) is 33.6 Å². The van der Waals surface area contributed by atoms with Crippen molar-refractivity contribution in [2.75, 3.05) is 6.54 Å². The Hall–Kier alpha value is -1.45. The van der Waals surface area contributed by atoms with Gasteiger partial charge in [-0.05, 0) is 30.2 Å². The number of nitrogens with one attached hydrogen (secondary N) is 2. The monoisotopic (exact) mass is 406 g/mol. The molecular weight excluding hydrogens is 388 g/mol. The Morgan fingerprint density at radius 1 is 1.26 bits per heavy atom. The molecule has 2 atom stereocenters. The first-order chi connectivity index (χ1) is 10.7. The molecule has 0 aliphatic heterocycles. The lowest BCUT2D eigenvalue weighted by molar-refractivity contribution is -0.143. The smallest absolute Gasteiger partial charge is 0.326 e. The van der Waals surface area contributed by atoms with Gasteiger partial charge in [0.05, 0.1) is 11.4 Å². The maximum atomic E-state index is 12.0. The number of hydrogen-bond donors (Lipinski definition) is 3. The Labute approximate surface area is 143 Å². The summed E-state index contributed by atoms with van der Waals surface area (Å²) in [6, 6.07) is 4.87. The molecule has 128 valence electrons. The summed E-state index contributed by atoms with van der Waals surface area (Å²) in [6.07, 6.45) is 0.571. The lowest BCUT2D eigenvalue weighted by Crippen LogP contribution is -2.48. The third-order valence-electron chi connectivity index (χ3n) is 3.34. The summed E-state index contributed by atoms with van der Waals surface area (Å²) in [7, 11) is -3.83. The van der Waals surface area contributed by atoms with Crippen molar-refractivity contribution in [3.63, 3.8) is 0 Å². The molecule has 0 saturated heterocycles. The number of sulfonamides is 1. The highest BCUT2D eigenvalue weighted by atomic mass is 79.9.